The third-order valence-corrected chi connectivity index (χ3v) is 8.77. The molecule has 0 radical (unpaired) electrons. The van der Waals surface area contributed by atoms with Gasteiger partial charge in [0.25, 0.3) is 0 Å². The molecule has 0 saturated carbocycles. The van der Waals surface area contributed by atoms with E-state index in [1.165, 1.54) is 12.1 Å². The predicted octanol–water partition coefficient (Wildman–Crippen LogP) is 6.79. The van der Waals surface area contributed by atoms with Crippen molar-refractivity contribution < 1.29 is 58.3 Å². The van der Waals surface area contributed by atoms with Crippen LogP contribution < -0.4 is 28.4 Å². The van der Waals surface area contributed by atoms with Crippen LogP contribution in [-0.2, 0) is 35.5 Å². The van der Waals surface area contributed by atoms with E-state index in [1.54, 1.807) is 66.9 Å². The topological polar surface area (TPSA) is 155 Å². The summed E-state index contributed by atoms with van der Waals surface area (Å²) in [4.78, 5) is 0. The zero-order valence-electron chi connectivity index (χ0n) is 30.6. The number of hydrogen-bond donors (Lipinski definition) is 4. The van der Waals surface area contributed by atoms with E-state index < -0.39 is 0 Å². The monoisotopic (exact) mass is 722 g/mol. The lowest BCUT2D eigenvalue weighted by Gasteiger charge is -2.29. The minimum atomic E-state index is -0.0594. The van der Waals surface area contributed by atoms with Crippen LogP contribution in [0.15, 0.2) is 60.7 Å². The molecule has 12 heteroatoms. The smallest absolute Gasteiger partial charge is 0.203 e. The Morgan fingerprint density at radius 1 is 0.442 bits per heavy atom. The fraction of sp³-hybridized carbons (Fsp3) is 0.400. The van der Waals surface area contributed by atoms with Crippen LogP contribution in [0.2, 0.25) is 0 Å². The van der Waals surface area contributed by atoms with Gasteiger partial charge in [0.2, 0.25) is 11.5 Å². The molecule has 0 aliphatic carbocycles. The molecule has 4 aromatic carbocycles. The summed E-state index contributed by atoms with van der Waals surface area (Å²) in [5.74, 6) is 3.01. The van der Waals surface area contributed by atoms with Crippen LogP contribution in [0.25, 0.3) is 0 Å². The number of hydrogen-bond acceptors (Lipinski definition) is 12. The van der Waals surface area contributed by atoms with Crippen LogP contribution in [0.5, 0.6) is 57.5 Å². The molecule has 0 heterocycles. The van der Waals surface area contributed by atoms with E-state index in [1.807, 2.05) is 24.3 Å². The van der Waals surface area contributed by atoms with Crippen molar-refractivity contribution in [3.8, 4) is 57.5 Å². The van der Waals surface area contributed by atoms with Gasteiger partial charge in [0.05, 0.1) is 62.5 Å². The average Bonchev–Trinajstić information content (AvgIpc) is 3.12. The van der Waals surface area contributed by atoms with E-state index in [4.69, 9.17) is 37.9 Å². The van der Waals surface area contributed by atoms with Crippen LogP contribution in [0.3, 0.4) is 0 Å². The summed E-state index contributed by atoms with van der Waals surface area (Å²) >= 11 is 0. The molecule has 0 unspecified atom stereocenters. The van der Waals surface area contributed by atoms with E-state index in [9.17, 15) is 20.4 Å². The normalized spacial score (nSPS) is 12.2. The first kappa shape index (κ1) is 39.6. The van der Waals surface area contributed by atoms with Crippen LogP contribution in [-0.4, -0.2) is 76.3 Å². The van der Waals surface area contributed by atoms with Crippen molar-refractivity contribution in [1.82, 2.24) is 0 Å². The number of phenols is 4. The number of aromatic hydroxyl groups is 4. The summed E-state index contributed by atoms with van der Waals surface area (Å²) < 4.78 is 46.1. The van der Waals surface area contributed by atoms with Crippen molar-refractivity contribution in [1.29, 1.82) is 0 Å². The van der Waals surface area contributed by atoms with Gasteiger partial charge in [-0.15, -0.1) is 0 Å². The van der Waals surface area contributed by atoms with E-state index in [2.05, 4.69) is 0 Å². The van der Waals surface area contributed by atoms with Crippen molar-refractivity contribution in [2.75, 3.05) is 55.9 Å². The maximum Gasteiger partial charge on any atom is 0.203 e. The maximum atomic E-state index is 10.0. The van der Waals surface area contributed by atoms with E-state index >= 15 is 0 Å². The minimum absolute atomic E-state index is 0.0282. The highest BCUT2D eigenvalue weighted by atomic mass is 16.5. The summed E-state index contributed by atoms with van der Waals surface area (Å²) in [6.45, 7) is 1.17. The number of ether oxygens (including phenoxy) is 8. The number of benzene rings is 4. The van der Waals surface area contributed by atoms with Gasteiger partial charge in [0.1, 0.15) is 23.0 Å². The highest BCUT2D eigenvalue weighted by Gasteiger charge is 2.26. The third-order valence-electron chi connectivity index (χ3n) is 8.77. The third kappa shape index (κ3) is 10.9. The van der Waals surface area contributed by atoms with Gasteiger partial charge in [-0.2, -0.15) is 0 Å². The Balaban J connectivity index is 1.66. The Bertz CT molecular complexity index is 1650. The van der Waals surface area contributed by atoms with Crippen molar-refractivity contribution in [2.45, 2.75) is 38.9 Å². The quantitative estimate of drug-likeness (QED) is 0.0670. The Hall–Kier alpha value is -5.20. The van der Waals surface area contributed by atoms with E-state index in [-0.39, 0.29) is 48.0 Å². The highest BCUT2D eigenvalue weighted by molar-refractivity contribution is 5.55. The summed E-state index contributed by atoms with van der Waals surface area (Å²) in [6, 6.07) is 16.6. The van der Waals surface area contributed by atoms with Crippen LogP contribution in [0.4, 0.5) is 0 Å². The fourth-order valence-corrected chi connectivity index (χ4v) is 6.42. The zero-order chi connectivity index (χ0) is 37.6. The van der Waals surface area contributed by atoms with Gasteiger partial charge in [-0.05, 0) is 108 Å². The first-order chi connectivity index (χ1) is 25.1. The Labute approximate surface area is 305 Å². The van der Waals surface area contributed by atoms with Crippen LogP contribution in [0, 0.1) is 11.8 Å². The van der Waals surface area contributed by atoms with Gasteiger partial charge in [0.15, 0.2) is 23.0 Å². The van der Waals surface area contributed by atoms with Gasteiger partial charge < -0.3 is 58.3 Å². The van der Waals surface area contributed by atoms with E-state index in [0.717, 1.165) is 17.5 Å². The second-order valence-electron chi connectivity index (χ2n) is 12.4. The SMILES string of the molecule is COc1cc(C[C@H](CCCOCc2cc(O)cc(O)c2)[C@@H](COCc2cc(O)cc(O)c2)Cc2cc(OC)c(OC)c(OC)c2)cc(OC)c1OC. The largest absolute Gasteiger partial charge is 0.508 e. The van der Waals surface area contributed by atoms with Crippen LogP contribution >= 0.6 is 0 Å². The fourth-order valence-electron chi connectivity index (χ4n) is 6.42. The lowest BCUT2D eigenvalue weighted by Crippen LogP contribution is -2.25. The Kier molecular flexibility index (Phi) is 14.8. The van der Waals surface area contributed by atoms with E-state index in [0.29, 0.717) is 78.1 Å². The molecule has 0 amide bonds. The molecule has 4 aromatic rings. The second-order valence-corrected chi connectivity index (χ2v) is 12.4. The molecule has 52 heavy (non-hydrogen) atoms. The average molecular weight is 723 g/mol. The van der Waals surface area contributed by atoms with Crippen molar-refractivity contribution in [3.63, 3.8) is 0 Å². The molecule has 0 bridgehead atoms. The standard InChI is InChI=1S/C40H50O12/c1-45-35-16-25(17-36(46-2)39(35)49-5)10-29(8-7-9-51-22-27-12-31(41)20-32(42)13-27)30(24-52-23-28-14-33(43)21-34(44)15-28)11-26-18-37(47-3)40(50-6)38(19-26)48-4/h12-21,29-30,41-44H,7-11,22-24H2,1-6H3/t29-,30+/m0/s1. The molecule has 0 aliphatic heterocycles. The van der Waals surface area contributed by atoms with Crippen LogP contribution in [0.1, 0.15) is 35.1 Å². The summed E-state index contributed by atoms with van der Waals surface area (Å²) in [6.07, 6.45) is 2.66. The summed E-state index contributed by atoms with van der Waals surface area (Å²) in [5.41, 5.74) is 3.23. The molecule has 0 saturated heterocycles. The zero-order valence-corrected chi connectivity index (χ0v) is 30.6. The van der Waals surface area contributed by atoms with Crippen molar-refractivity contribution >= 4 is 0 Å². The number of methoxy groups -OCH3 is 6. The summed E-state index contributed by atoms with van der Waals surface area (Å²) in [7, 11) is 9.47. The van der Waals surface area contributed by atoms with Crippen molar-refractivity contribution in [3.05, 3.63) is 82.9 Å². The van der Waals surface area contributed by atoms with Gasteiger partial charge in [-0.25, -0.2) is 0 Å². The van der Waals surface area contributed by atoms with Crippen molar-refractivity contribution in [2.24, 2.45) is 11.8 Å². The molecule has 0 fully saturated rings. The lowest BCUT2D eigenvalue weighted by molar-refractivity contribution is 0.0578. The van der Waals surface area contributed by atoms with Gasteiger partial charge >= 0.3 is 0 Å². The minimum Gasteiger partial charge on any atom is -0.508 e. The molecule has 12 nitrogen and oxygen atoms in total. The van der Waals surface area contributed by atoms with Gasteiger partial charge in [0, 0.05) is 18.7 Å². The second kappa shape index (κ2) is 19.4. The maximum absolute atomic E-state index is 10.0. The number of rotatable bonds is 21. The lowest BCUT2D eigenvalue weighted by atomic mass is 9.80. The Morgan fingerprint density at radius 3 is 1.21 bits per heavy atom. The molecule has 0 aliphatic rings. The molecule has 4 rings (SSSR count). The molecule has 282 valence electrons. The first-order valence-electron chi connectivity index (χ1n) is 16.9. The molecule has 2 atom stereocenters. The summed E-state index contributed by atoms with van der Waals surface area (Å²) in [5, 5.41) is 39.8. The van der Waals surface area contributed by atoms with Gasteiger partial charge in [-0.3, -0.25) is 0 Å². The molecular formula is C40H50O12. The number of phenolic OH excluding ortho intramolecular Hbond substituents is 4. The molecular weight excluding hydrogens is 672 g/mol. The Morgan fingerprint density at radius 2 is 0.827 bits per heavy atom. The van der Waals surface area contributed by atoms with Gasteiger partial charge in [-0.1, -0.05) is 0 Å². The predicted molar refractivity (Wildman–Crippen MR) is 195 cm³/mol. The highest BCUT2D eigenvalue weighted by Crippen LogP contribution is 2.42. The molecule has 4 N–H and O–H groups in total. The molecule has 0 spiro atoms. The molecule has 0 aromatic heterocycles. The first-order valence-corrected chi connectivity index (χ1v) is 16.9.